The van der Waals surface area contributed by atoms with E-state index in [9.17, 15) is 9.59 Å². The average Bonchev–Trinajstić information content (AvgIpc) is 3.30. The zero-order valence-corrected chi connectivity index (χ0v) is 14.0. The number of amides is 2. The minimum atomic E-state index is -0.391. The molecule has 0 bridgehead atoms. The molecule has 1 saturated heterocycles. The maximum atomic E-state index is 12.5. The number of benzene rings is 1. The van der Waals surface area contributed by atoms with E-state index < -0.39 is 6.10 Å². The molecular formula is C18H25N3O3. The van der Waals surface area contributed by atoms with Crippen molar-refractivity contribution in [3.05, 3.63) is 29.8 Å². The molecule has 6 heteroatoms. The summed E-state index contributed by atoms with van der Waals surface area (Å²) in [6.07, 6.45) is 3.45. The first kappa shape index (κ1) is 16.9. The summed E-state index contributed by atoms with van der Waals surface area (Å²) in [5, 5.41) is 5.88. The Balaban J connectivity index is 1.65. The van der Waals surface area contributed by atoms with Gasteiger partial charge in [-0.25, -0.2) is 0 Å². The summed E-state index contributed by atoms with van der Waals surface area (Å²) >= 11 is 0. The third kappa shape index (κ3) is 3.76. The number of nitrogens with one attached hydrogen (secondary N) is 2. The monoisotopic (exact) mass is 331 g/mol. The molecule has 0 spiro atoms. The fourth-order valence-corrected chi connectivity index (χ4v) is 3.12. The van der Waals surface area contributed by atoms with Gasteiger partial charge in [-0.1, -0.05) is 6.07 Å². The highest BCUT2D eigenvalue weighted by atomic mass is 16.5. The van der Waals surface area contributed by atoms with E-state index in [1.807, 2.05) is 6.92 Å². The minimum Gasteiger partial charge on any atom is -0.368 e. The first-order valence-electron chi connectivity index (χ1n) is 8.57. The van der Waals surface area contributed by atoms with Gasteiger partial charge in [-0.15, -0.1) is 0 Å². The molecule has 2 unspecified atom stereocenters. The Morgan fingerprint density at radius 2 is 2.12 bits per heavy atom. The first-order chi connectivity index (χ1) is 11.5. The van der Waals surface area contributed by atoms with Gasteiger partial charge in [0.15, 0.2) is 0 Å². The number of hydrogen-bond acceptors (Lipinski definition) is 4. The van der Waals surface area contributed by atoms with Crippen molar-refractivity contribution < 1.29 is 14.3 Å². The maximum Gasteiger partial charge on any atom is 0.253 e. The minimum absolute atomic E-state index is 0.158. The van der Waals surface area contributed by atoms with Gasteiger partial charge in [0.25, 0.3) is 11.8 Å². The highest BCUT2D eigenvalue weighted by molar-refractivity contribution is 5.98. The van der Waals surface area contributed by atoms with Crippen molar-refractivity contribution in [1.29, 1.82) is 0 Å². The Hall–Kier alpha value is -1.92. The standard InChI is InChI=1S/C18H25N3O3/c1-18(11-19,13-7-8-13)21-16(22)12-4-2-5-14(10-12)20-17(23)15-6-3-9-24-15/h2,4-5,10,13,15H,3,6-9,11,19H2,1H3,(H,20,23)(H,21,22). The van der Waals surface area contributed by atoms with Gasteiger partial charge < -0.3 is 21.1 Å². The fourth-order valence-electron chi connectivity index (χ4n) is 3.12. The number of carbonyl (C=O) groups is 2. The van der Waals surface area contributed by atoms with Crippen LogP contribution in [0, 0.1) is 5.92 Å². The van der Waals surface area contributed by atoms with Gasteiger partial charge >= 0.3 is 0 Å². The van der Waals surface area contributed by atoms with E-state index in [-0.39, 0.29) is 17.4 Å². The Morgan fingerprint density at radius 3 is 2.75 bits per heavy atom. The summed E-state index contributed by atoms with van der Waals surface area (Å²) in [6.45, 7) is 3.03. The summed E-state index contributed by atoms with van der Waals surface area (Å²) in [5.74, 6) is 0.131. The van der Waals surface area contributed by atoms with E-state index in [0.29, 0.717) is 30.3 Å². The molecule has 2 fully saturated rings. The normalized spacial score (nSPS) is 22.7. The van der Waals surface area contributed by atoms with Crippen LogP contribution in [0.5, 0.6) is 0 Å². The molecule has 1 saturated carbocycles. The lowest BCUT2D eigenvalue weighted by atomic mass is 9.95. The second-order valence-electron chi connectivity index (χ2n) is 6.92. The molecular weight excluding hydrogens is 306 g/mol. The quantitative estimate of drug-likeness (QED) is 0.739. The van der Waals surface area contributed by atoms with Crippen LogP contribution in [-0.2, 0) is 9.53 Å². The van der Waals surface area contributed by atoms with Crippen LogP contribution < -0.4 is 16.4 Å². The van der Waals surface area contributed by atoms with Crippen molar-refractivity contribution in [3.63, 3.8) is 0 Å². The van der Waals surface area contributed by atoms with E-state index in [2.05, 4.69) is 10.6 Å². The lowest BCUT2D eigenvalue weighted by Gasteiger charge is -2.29. The van der Waals surface area contributed by atoms with E-state index in [0.717, 1.165) is 25.7 Å². The molecule has 3 rings (SSSR count). The molecule has 130 valence electrons. The summed E-state index contributed by atoms with van der Waals surface area (Å²) in [4.78, 5) is 24.7. The van der Waals surface area contributed by atoms with Crippen LogP contribution in [0.25, 0.3) is 0 Å². The van der Waals surface area contributed by atoms with E-state index in [4.69, 9.17) is 10.5 Å². The Bertz CT molecular complexity index is 624. The van der Waals surface area contributed by atoms with Gasteiger partial charge in [0.2, 0.25) is 0 Å². The van der Waals surface area contributed by atoms with E-state index in [1.165, 1.54) is 0 Å². The second-order valence-corrected chi connectivity index (χ2v) is 6.92. The number of ether oxygens (including phenoxy) is 1. The second kappa shape index (κ2) is 6.91. The summed E-state index contributed by atoms with van der Waals surface area (Å²) in [7, 11) is 0. The molecule has 1 aliphatic heterocycles. The van der Waals surface area contributed by atoms with Gasteiger partial charge in [0.05, 0.1) is 5.54 Å². The number of carbonyl (C=O) groups excluding carboxylic acids is 2. The van der Waals surface area contributed by atoms with E-state index in [1.54, 1.807) is 24.3 Å². The van der Waals surface area contributed by atoms with E-state index >= 15 is 0 Å². The van der Waals surface area contributed by atoms with Gasteiger partial charge in [-0.3, -0.25) is 9.59 Å². The van der Waals surface area contributed by atoms with Crippen molar-refractivity contribution in [2.75, 3.05) is 18.5 Å². The topological polar surface area (TPSA) is 93.5 Å². The van der Waals surface area contributed by atoms with Crippen molar-refractivity contribution in [2.45, 2.75) is 44.2 Å². The van der Waals surface area contributed by atoms with Crippen molar-refractivity contribution >= 4 is 17.5 Å². The molecule has 1 aromatic carbocycles. The number of nitrogens with two attached hydrogens (primary N) is 1. The Kier molecular flexibility index (Phi) is 4.87. The fraction of sp³-hybridized carbons (Fsp3) is 0.556. The molecule has 2 amide bonds. The highest BCUT2D eigenvalue weighted by Crippen LogP contribution is 2.39. The largest absolute Gasteiger partial charge is 0.368 e. The Labute approximate surface area is 142 Å². The molecule has 2 atom stereocenters. The SMILES string of the molecule is CC(CN)(NC(=O)c1cccc(NC(=O)C2CCCO2)c1)C1CC1. The number of rotatable bonds is 6. The number of anilines is 1. The lowest BCUT2D eigenvalue weighted by Crippen LogP contribution is -2.53. The predicted octanol–water partition coefficient (Wildman–Crippen LogP) is 1.66. The molecule has 4 N–H and O–H groups in total. The predicted molar refractivity (Wildman–Crippen MR) is 91.7 cm³/mol. The van der Waals surface area contributed by atoms with Crippen molar-refractivity contribution in [3.8, 4) is 0 Å². The van der Waals surface area contributed by atoms with Gasteiger partial charge in [-0.05, 0) is 56.7 Å². The molecule has 1 aliphatic carbocycles. The zero-order chi connectivity index (χ0) is 17.2. The van der Waals surface area contributed by atoms with Crippen LogP contribution in [0.1, 0.15) is 43.0 Å². The van der Waals surface area contributed by atoms with Crippen LogP contribution in [0.4, 0.5) is 5.69 Å². The average molecular weight is 331 g/mol. The number of hydrogen-bond donors (Lipinski definition) is 3. The van der Waals surface area contributed by atoms with Crippen LogP contribution in [0.2, 0.25) is 0 Å². The maximum absolute atomic E-state index is 12.5. The zero-order valence-electron chi connectivity index (χ0n) is 14.0. The Morgan fingerprint density at radius 1 is 1.33 bits per heavy atom. The van der Waals surface area contributed by atoms with Crippen LogP contribution in [0.15, 0.2) is 24.3 Å². The van der Waals surface area contributed by atoms with Crippen LogP contribution in [0.3, 0.4) is 0 Å². The van der Waals surface area contributed by atoms with Crippen molar-refractivity contribution in [1.82, 2.24) is 5.32 Å². The van der Waals surface area contributed by atoms with Crippen LogP contribution in [-0.4, -0.2) is 36.6 Å². The molecule has 2 aliphatic rings. The molecule has 6 nitrogen and oxygen atoms in total. The summed E-state index contributed by atoms with van der Waals surface area (Å²) in [5.41, 5.74) is 6.60. The highest BCUT2D eigenvalue weighted by Gasteiger charge is 2.41. The van der Waals surface area contributed by atoms with Crippen molar-refractivity contribution in [2.24, 2.45) is 11.7 Å². The summed E-state index contributed by atoms with van der Waals surface area (Å²) in [6, 6.07) is 6.95. The van der Waals surface area contributed by atoms with Gasteiger partial charge in [0, 0.05) is 24.4 Å². The third-order valence-electron chi connectivity index (χ3n) is 4.92. The molecule has 0 radical (unpaired) electrons. The smallest absolute Gasteiger partial charge is 0.253 e. The van der Waals surface area contributed by atoms with Gasteiger partial charge in [-0.2, -0.15) is 0 Å². The molecule has 1 heterocycles. The third-order valence-corrected chi connectivity index (χ3v) is 4.92. The molecule has 0 aromatic heterocycles. The van der Waals surface area contributed by atoms with Crippen LogP contribution >= 0.6 is 0 Å². The lowest BCUT2D eigenvalue weighted by molar-refractivity contribution is -0.124. The van der Waals surface area contributed by atoms with Gasteiger partial charge in [0.1, 0.15) is 6.10 Å². The first-order valence-corrected chi connectivity index (χ1v) is 8.57. The molecule has 1 aromatic rings. The molecule has 24 heavy (non-hydrogen) atoms. The summed E-state index contributed by atoms with van der Waals surface area (Å²) < 4.78 is 5.37.